The molecule has 1 aromatic heterocycles. The molecule has 0 saturated carbocycles. The fraction of sp³-hybridized carbons (Fsp3) is 0.120. The van der Waals surface area contributed by atoms with Crippen molar-refractivity contribution < 1.29 is 36.6 Å². The fourth-order valence-corrected chi connectivity index (χ4v) is 3.37. The highest BCUT2D eigenvalue weighted by Gasteiger charge is 2.40. The second-order valence-corrected chi connectivity index (χ2v) is 7.75. The van der Waals surface area contributed by atoms with Crippen molar-refractivity contribution in [3.8, 4) is 23.0 Å². The van der Waals surface area contributed by atoms with E-state index in [1.54, 1.807) is 24.3 Å². The van der Waals surface area contributed by atoms with Crippen LogP contribution in [-0.2, 0) is 11.0 Å². The Kier molecular flexibility index (Phi) is 7.07. The number of halogens is 4. The molecule has 0 aliphatic heterocycles. The molecule has 1 N–H and O–H groups in total. The smallest absolute Gasteiger partial charge is 0.453 e. The highest BCUT2D eigenvalue weighted by atomic mass is 35.5. The standard InChI is InChI=1S/C25H17ClF3NO6/c1-33-14-6-8-15(9-7-14)35-23-22(32)17-11-10-16(12-20(17)36-24(23)25(27,28)29)34-13-21(31)30-19-5-3-2-4-18(19)26/h2-12H,13H2,1H3,(H,30,31). The molecule has 0 spiro atoms. The number of nitrogens with one attached hydrogen (secondary N) is 1. The number of ether oxygens (including phenoxy) is 3. The Balaban J connectivity index is 1.60. The van der Waals surface area contributed by atoms with Crippen LogP contribution in [0.3, 0.4) is 0 Å². The number of carbonyl (C=O) groups excluding carboxylic acids is 1. The molecule has 11 heteroatoms. The van der Waals surface area contributed by atoms with Gasteiger partial charge in [-0.2, -0.15) is 13.2 Å². The van der Waals surface area contributed by atoms with E-state index in [1.807, 2.05) is 0 Å². The zero-order chi connectivity index (χ0) is 25.9. The summed E-state index contributed by atoms with van der Waals surface area (Å²) < 4.78 is 61.9. The Morgan fingerprint density at radius 2 is 1.67 bits per heavy atom. The molecule has 0 unspecified atom stereocenters. The third-order valence-corrected chi connectivity index (χ3v) is 5.21. The van der Waals surface area contributed by atoms with E-state index in [4.69, 9.17) is 30.2 Å². The summed E-state index contributed by atoms with van der Waals surface area (Å²) in [5.74, 6) is -2.72. The van der Waals surface area contributed by atoms with Crippen molar-refractivity contribution in [2.75, 3.05) is 19.0 Å². The van der Waals surface area contributed by atoms with Crippen molar-refractivity contribution in [3.63, 3.8) is 0 Å². The summed E-state index contributed by atoms with van der Waals surface area (Å²) in [5.41, 5.74) is -1.04. The van der Waals surface area contributed by atoms with Crippen molar-refractivity contribution in [1.82, 2.24) is 0 Å². The zero-order valence-corrected chi connectivity index (χ0v) is 19.3. The molecule has 4 rings (SSSR count). The molecule has 0 radical (unpaired) electrons. The lowest BCUT2D eigenvalue weighted by molar-refractivity contribution is -0.154. The van der Waals surface area contributed by atoms with E-state index < -0.39 is 41.2 Å². The van der Waals surface area contributed by atoms with Gasteiger partial charge in [0.15, 0.2) is 6.61 Å². The average molecular weight is 520 g/mol. The van der Waals surface area contributed by atoms with Gasteiger partial charge in [-0.1, -0.05) is 23.7 Å². The number of methoxy groups -OCH3 is 1. The normalized spacial score (nSPS) is 11.2. The second kappa shape index (κ2) is 10.2. The van der Waals surface area contributed by atoms with Gasteiger partial charge in [-0.15, -0.1) is 0 Å². The first-order valence-corrected chi connectivity index (χ1v) is 10.7. The molecule has 0 fully saturated rings. The Morgan fingerprint density at radius 3 is 2.33 bits per heavy atom. The van der Waals surface area contributed by atoms with Crippen molar-refractivity contribution in [1.29, 1.82) is 0 Å². The first-order valence-electron chi connectivity index (χ1n) is 10.3. The maximum Gasteiger partial charge on any atom is 0.453 e. The zero-order valence-electron chi connectivity index (χ0n) is 18.5. The Hall–Kier alpha value is -4.18. The molecule has 0 bridgehead atoms. The maximum atomic E-state index is 13.7. The van der Waals surface area contributed by atoms with Crippen LogP contribution in [0.4, 0.5) is 18.9 Å². The van der Waals surface area contributed by atoms with Crippen LogP contribution >= 0.6 is 11.6 Å². The number of alkyl halides is 3. The van der Waals surface area contributed by atoms with Gasteiger partial charge >= 0.3 is 6.18 Å². The Morgan fingerprint density at radius 1 is 1.00 bits per heavy atom. The van der Waals surface area contributed by atoms with E-state index in [1.165, 1.54) is 43.5 Å². The van der Waals surface area contributed by atoms with Gasteiger partial charge < -0.3 is 23.9 Å². The minimum absolute atomic E-state index is 0.0110. The summed E-state index contributed by atoms with van der Waals surface area (Å²) in [5, 5.41) is 2.71. The molecule has 4 aromatic rings. The molecular formula is C25H17ClF3NO6. The van der Waals surface area contributed by atoms with Crippen molar-refractivity contribution in [2.45, 2.75) is 6.18 Å². The summed E-state index contributed by atoms with van der Waals surface area (Å²) in [6.45, 7) is -0.467. The molecule has 186 valence electrons. The lowest BCUT2D eigenvalue weighted by atomic mass is 10.2. The van der Waals surface area contributed by atoms with Gasteiger partial charge in [-0.25, -0.2) is 0 Å². The molecule has 0 saturated heterocycles. The second-order valence-electron chi connectivity index (χ2n) is 7.34. The minimum Gasteiger partial charge on any atom is -0.497 e. The van der Waals surface area contributed by atoms with Crippen molar-refractivity contribution in [3.05, 3.63) is 87.7 Å². The lowest BCUT2D eigenvalue weighted by Crippen LogP contribution is -2.20. The highest BCUT2D eigenvalue weighted by Crippen LogP contribution is 2.38. The van der Waals surface area contributed by atoms with E-state index in [2.05, 4.69) is 5.32 Å². The first kappa shape index (κ1) is 24.9. The number of benzene rings is 3. The predicted molar refractivity (Wildman–Crippen MR) is 126 cm³/mol. The van der Waals surface area contributed by atoms with Gasteiger partial charge in [0, 0.05) is 6.07 Å². The van der Waals surface area contributed by atoms with Crippen LogP contribution < -0.4 is 25.0 Å². The van der Waals surface area contributed by atoms with Gasteiger partial charge in [0.05, 0.1) is 23.2 Å². The van der Waals surface area contributed by atoms with E-state index in [9.17, 15) is 22.8 Å². The van der Waals surface area contributed by atoms with E-state index in [0.29, 0.717) is 16.5 Å². The molecular weight excluding hydrogens is 503 g/mol. The molecule has 0 aliphatic carbocycles. The maximum absolute atomic E-state index is 13.7. The topological polar surface area (TPSA) is 87.0 Å². The predicted octanol–water partition coefficient (Wildman–Crippen LogP) is 6.28. The number of fused-ring (bicyclic) bond motifs is 1. The molecule has 0 atom stereocenters. The molecule has 1 heterocycles. The number of carbonyl (C=O) groups is 1. The van der Waals surface area contributed by atoms with Gasteiger partial charge in [0.2, 0.25) is 11.2 Å². The van der Waals surface area contributed by atoms with Crippen molar-refractivity contribution in [2.24, 2.45) is 0 Å². The monoisotopic (exact) mass is 519 g/mol. The van der Waals surface area contributed by atoms with Crippen molar-refractivity contribution >= 4 is 34.2 Å². The first-order chi connectivity index (χ1) is 17.2. The minimum atomic E-state index is -5.03. The number of anilines is 1. The fourth-order valence-electron chi connectivity index (χ4n) is 3.18. The van der Waals surface area contributed by atoms with E-state index >= 15 is 0 Å². The number of rotatable bonds is 7. The van der Waals surface area contributed by atoms with Gasteiger partial charge in [-0.3, -0.25) is 9.59 Å². The third kappa shape index (κ3) is 5.55. The quantitative estimate of drug-likeness (QED) is 0.309. The summed E-state index contributed by atoms with van der Waals surface area (Å²) in [6.07, 6.45) is -5.03. The number of amides is 1. The number of para-hydroxylation sites is 1. The average Bonchev–Trinajstić information content (AvgIpc) is 2.85. The lowest BCUT2D eigenvalue weighted by Gasteiger charge is -2.14. The Labute approximate surface area is 207 Å². The SMILES string of the molecule is COc1ccc(Oc2c(C(F)(F)F)oc3cc(OCC(=O)Nc4ccccc4Cl)ccc3c2=O)cc1. The highest BCUT2D eigenvalue weighted by molar-refractivity contribution is 6.33. The summed E-state index contributed by atoms with van der Waals surface area (Å²) >= 11 is 5.99. The van der Waals surface area contributed by atoms with Crippen LogP contribution in [0.2, 0.25) is 5.02 Å². The summed E-state index contributed by atoms with van der Waals surface area (Å²) in [7, 11) is 1.43. The Bertz CT molecular complexity index is 1470. The van der Waals surface area contributed by atoms with Gasteiger partial charge in [-0.05, 0) is 48.5 Å². The van der Waals surface area contributed by atoms with Crippen LogP contribution in [0, 0.1) is 0 Å². The summed E-state index contributed by atoms with van der Waals surface area (Å²) in [4.78, 5) is 25.1. The van der Waals surface area contributed by atoms with Crippen LogP contribution in [0.5, 0.6) is 23.0 Å². The van der Waals surface area contributed by atoms with E-state index in [-0.39, 0.29) is 16.9 Å². The largest absolute Gasteiger partial charge is 0.497 e. The van der Waals surface area contributed by atoms with Crippen LogP contribution in [0.15, 0.2) is 75.9 Å². The van der Waals surface area contributed by atoms with Crippen LogP contribution in [0.25, 0.3) is 11.0 Å². The van der Waals surface area contributed by atoms with E-state index in [0.717, 1.165) is 6.07 Å². The van der Waals surface area contributed by atoms with Crippen LogP contribution in [-0.4, -0.2) is 19.6 Å². The van der Waals surface area contributed by atoms with Gasteiger partial charge in [0.1, 0.15) is 22.8 Å². The molecule has 7 nitrogen and oxygen atoms in total. The number of hydrogen-bond donors (Lipinski definition) is 1. The van der Waals surface area contributed by atoms with Crippen LogP contribution in [0.1, 0.15) is 5.76 Å². The van der Waals surface area contributed by atoms with Gasteiger partial charge in [0.25, 0.3) is 11.7 Å². The summed E-state index contributed by atoms with van der Waals surface area (Å²) in [6, 6.07) is 15.8. The third-order valence-electron chi connectivity index (χ3n) is 4.88. The molecule has 1 amide bonds. The molecule has 0 aliphatic rings. The number of hydrogen-bond acceptors (Lipinski definition) is 6. The molecule has 36 heavy (non-hydrogen) atoms. The molecule has 3 aromatic carbocycles.